The molecule has 2 aliphatic rings. The summed E-state index contributed by atoms with van der Waals surface area (Å²) in [4.78, 5) is 17.1. The van der Waals surface area contributed by atoms with E-state index in [1.165, 1.54) is 17.7 Å². The third-order valence-electron chi connectivity index (χ3n) is 4.89. The van der Waals surface area contributed by atoms with E-state index in [1.54, 1.807) is 0 Å². The first-order valence-electron chi connectivity index (χ1n) is 9.37. The van der Waals surface area contributed by atoms with Gasteiger partial charge in [-0.2, -0.15) is 11.8 Å². The van der Waals surface area contributed by atoms with Crippen molar-refractivity contribution in [3.05, 3.63) is 35.9 Å². The number of amides is 1. The summed E-state index contributed by atoms with van der Waals surface area (Å²) in [6.07, 6.45) is 1.27. The second kappa shape index (κ2) is 9.06. The molecular weight excluding hydrogens is 332 g/mol. The third-order valence-corrected chi connectivity index (χ3v) is 6.03. The van der Waals surface area contributed by atoms with Gasteiger partial charge in [0.1, 0.15) is 0 Å². The molecule has 0 aromatic heterocycles. The van der Waals surface area contributed by atoms with Crippen molar-refractivity contribution in [1.29, 1.82) is 0 Å². The molecule has 138 valence electrons. The summed E-state index contributed by atoms with van der Waals surface area (Å²) in [6.45, 7) is 7.88. The second-order valence-corrected chi connectivity index (χ2v) is 8.71. The van der Waals surface area contributed by atoms with E-state index in [1.807, 2.05) is 34.9 Å². The number of nitrogens with zero attached hydrogens (tertiary/aromatic N) is 2. The molecule has 3 rings (SSSR count). The molecular formula is C20H30N2O2S. The summed E-state index contributed by atoms with van der Waals surface area (Å²) in [5.74, 6) is 3.09. The number of hydrogen-bond acceptors (Lipinski definition) is 4. The van der Waals surface area contributed by atoms with Gasteiger partial charge in [0.25, 0.3) is 0 Å². The van der Waals surface area contributed by atoms with Crippen LogP contribution in [-0.2, 0) is 16.1 Å². The molecule has 2 saturated heterocycles. The Labute approximate surface area is 155 Å². The molecule has 0 saturated carbocycles. The molecule has 0 spiro atoms. The lowest BCUT2D eigenvalue weighted by molar-refractivity contribution is -0.132. The van der Waals surface area contributed by atoms with Gasteiger partial charge in [-0.3, -0.25) is 9.69 Å². The number of thioether (sulfide) groups is 1. The van der Waals surface area contributed by atoms with Gasteiger partial charge >= 0.3 is 0 Å². The van der Waals surface area contributed by atoms with E-state index in [-0.39, 0.29) is 12.0 Å². The molecule has 25 heavy (non-hydrogen) atoms. The fourth-order valence-corrected chi connectivity index (χ4v) is 4.86. The van der Waals surface area contributed by atoms with E-state index < -0.39 is 0 Å². The van der Waals surface area contributed by atoms with Gasteiger partial charge in [-0.1, -0.05) is 44.2 Å². The molecule has 2 heterocycles. The topological polar surface area (TPSA) is 32.8 Å². The van der Waals surface area contributed by atoms with Crippen LogP contribution in [0.2, 0.25) is 0 Å². The van der Waals surface area contributed by atoms with Crippen LogP contribution >= 0.6 is 11.8 Å². The molecule has 2 atom stereocenters. The van der Waals surface area contributed by atoms with Gasteiger partial charge in [-0.25, -0.2) is 0 Å². The number of ether oxygens (including phenoxy) is 1. The first kappa shape index (κ1) is 18.7. The molecule has 5 heteroatoms. The zero-order valence-electron chi connectivity index (χ0n) is 15.4. The van der Waals surface area contributed by atoms with Crippen LogP contribution < -0.4 is 0 Å². The lowest BCUT2D eigenvalue weighted by Crippen LogP contribution is -2.42. The van der Waals surface area contributed by atoms with E-state index >= 15 is 0 Å². The van der Waals surface area contributed by atoms with E-state index in [0.717, 1.165) is 18.8 Å². The average Bonchev–Trinajstić information content (AvgIpc) is 3.08. The Hall–Kier alpha value is -1.04. The summed E-state index contributed by atoms with van der Waals surface area (Å²) >= 11 is 2.00. The maximum atomic E-state index is 12.8. The molecule has 0 bridgehead atoms. The van der Waals surface area contributed by atoms with Crippen LogP contribution in [0.15, 0.2) is 30.3 Å². The minimum absolute atomic E-state index is 0.0796. The molecule has 4 nitrogen and oxygen atoms in total. The minimum atomic E-state index is 0.0796. The zero-order chi connectivity index (χ0) is 17.6. The van der Waals surface area contributed by atoms with Gasteiger partial charge in [-0.05, 0) is 23.7 Å². The predicted octanol–water partition coefficient (Wildman–Crippen LogP) is 2.88. The lowest BCUT2D eigenvalue weighted by atomic mass is 10.2. The Bertz CT molecular complexity index is 546. The van der Waals surface area contributed by atoms with Crippen LogP contribution in [0.25, 0.3) is 0 Å². The minimum Gasteiger partial charge on any atom is -0.370 e. The van der Waals surface area contributed by atoms with E-state index in [4.69, 9.17) is 4.74 Å². The van der Waals surface area contributed by atoms with Gasteiger partial charge in [0, 0.05) is 31.4 Å². The molecule has 1 aromatic carbocycles. The molecule has 1 aromatic rings. The molecule has 0 aliphatic carbocycles. The van der Waals surface area contributed by atoms with E-state index in [9.17, 15) is 4.79 Å². The Morgan fingerprint density at radius 2 is 2.04 bits per heavy atom. The quantitative estimate of drug-likeness (QED) is 0.779. The highest BCUT2D eigenvalue weighted by Gasteiger charge is 2.33. The monoisotopic (exact) mass is 362 g/mol. The number of carbonyl (C=O) groups is 1. The summed E-state index contributed by atoms with van der Waals surface area (Å²) in [5.41, 5.74) is 1.19. The van der Waals surface area contributed by atoms with Gasteiger partial charge in [0.2, 0.25) is 5.91 Å². The Morgan fingerprint density at radius 1 is 1.24 bits per heavy atom. The number of rotatable bonds is 6. The molecule has 2 aliphatic heterocycles. The van der Waals surface area contributed by atoms with Crippen LogP contribution in [0.5, 0.6) is 0 Å². The summed E-state index contributed by atoms with van der Waals surface area (Å²) in [7, 11) is 0. The largest absolute Gasteiger partial charge is 0.370 e. The van der Waals surface area contributed by atoms with Gasteiger partial charge < -0.3 is 9.64 Å². The maximum absolute atomic E-state index is 12.8. The van der Waals surface area contributed by atoms with Crippen molar-refractivity contribution in [2.75, 3.05) is 37.7 Å². The van der Waals surface area contributed by atoms with Crippen LogP contribution in [0.1, 0.15) is 25.8 Å². The van der Waals surface area contributed by atoms with Crippen LogP contribution in [0.4, 0.5) is 0 Å². The lowest BCUT2D eigenvalue weighted by Gasteiger charge is -2.28. The Kier molecular flexibility index (Phi) is 6.79. The van der Waals surface area contributed by atoms with Crippen molar-refractivity contribution < 1.29 is 9.53 Å². The highest BCUT2D eigenvalue weighted by Crippen LogP contribution is 2.24. The van der Waals surface area contributed by atoms with Crippen LogP contribution in [0, 0.1) is 5.92 Å². The van der Waals surface area contributed by atoms with Crippen molar-refractivity contribution in [2.45, 2.75) is 39.0 Å². The van der Waals surface area contributed by atoms with Crippen molar-refractivity contribution in [3.8, 4) is 0 Å². The Balaban J connectivity index is 1.67. The Morgan fingerprint density at radius 3 is 2.72 bits per heavy atom. The highest BCUT2D eigenvalue weighted by molar-refractivity contribution is 7.99. The predicted molar refractivity (Wildman–Crippen MR) is 104 cm³/mol. The number of hydrogen-bond donors (Lipinski definition) is 0. The summed E-state index contributed by atoms with van der Waals surface area (Å²) in [6, 6.07) is 10.8. The van der Waals surface area contributed by atoms with Gasteiger partial charge in [0.15, 0.2) is 0 Å². The van der Waals surface area contributed by atoms with Crippen LogP contribution in [0.3, 0.4) is 0 Å². The fourth-order valence-electron chi connectivity index (χ4n) is 3.60. The molecule has 1 amide bonds. The fraction of sp³-hybridized carbons (Fsp3) is 0.650. The summed E-state index contributed by atoms with van der Waals surface area (Å²) in [5, 5.41) is 0. The van der Waals surface area contributed by atoms with Crippen molar-refractivity contribution in [1.82, 2.24) is 9.80 Å². The average molecular weight is 363 g/mol. The van der Waals surface area contributed by atoms with E-state index in [0.29, 0.717) is 31.7 Å². The standard InChI is InChI=1S/C20H30N2O2S/c1-16(2)10-22-12-19(24-14-17-6-4-3-5-7-17)11-21(13-20(22)23)18-8-9-25-15-18/h3-7,16,18-19H,8-15H2,1-2H3/t18-,19+/m0/s1. The first-order valence-corrected chi connectivity index (χ1v) is 10.5. The van der Waals surface area contributed by atoms with Crippen molar-refractivity contribution in [3.63, 3.8) is 0 Å². The number of carbonyl (C=O) groups excluding carboxylic acids is 1. The maximum Gasteiger partial charge on any atom is 0.236 e. The zero-order valence-corrected chi connectivity index (χ0v) is 16.2. The molecule has 0 N–H and O–H groups in total. The van der Waals surface area contributed by atoms with Gasteiger partial charge in [-0.15, -0.1) is 0 Å². The van der Waals surface area contributed by atoms with Crippen molar-refractivity contribution >= 4 is 17.7 Å². The highest BCUT2D eigenvalue weighted by atomic mass is 32.2. The smallest absolute Gasteiger partial charge is 0.236 e. The first-order chi connectivity index (χ1) is 12.1. The normalized spacial score (nSPS) is 25.6. The molecule has 0 radical (unpaired) electrons. The van der Waals surface area contributed by atoms with Gasteiger partial charge in [0.05, 0.1) is 19.3 Å². The molecule has 2 fully saturated rings. The second-order valence-electron chi connectivity index (χ2n) is 7.56. The molecule has 0 unspecified atom stereocenters. The summed E-state index contributed by atoms with van der Waals surface area (Å²) < 4.78 is 6.26. The van der Waals surface area contributed by atoms with Crippen molar-refractivity contribution in [2.24, 2.45) is 5.92 Å². The SMILES string of the molecule is CC(C)CN1C[C@H](OCc2ccccc2)CN([C@H]2CCSC2)CC1=O. The van der Waals surface area contributed by atoms with Crippen LogP contribution in [-0.4, -0.2) is 65.5 Å². The van der Waals surface area contributed by atoms with E-state index in [2.05, 4.69) is 30.9 Å². The third kappa shape index (κ3) is 5.47. The number of benzene rings is 1.